The van der Waals surface area contributed by atoms with Gasteiger partial charge in [-0.15, -0.1) is 0 Å². The van der Waals surface area contributed by atoms with Gasteiger partial charge in [-0.25, -0.2) is 14.6 Å². The average molecular weight is 210 g/mol. The van der Waals surface area contributed by atoms with E-state index < -0.39 is 0 Å². The van der Waals surface area contributed by atoms with Crippen LogP contribution in [-0.2, 0) is 9.59 Å². The van der Waals surface area contributed by atoms with Crippen LogP contribution in [0.25, 0.3) is 0 Å². The fraction of sp³-hybridized carbons (Fsp3) is 0.818. The molecule has 1 atom stereocenters. The summed E-state index contributed by atoms with van der Waals surface area (Å²) in [6.45, 7) is 6.47. The fourth-order valence-electron chi connectivity index (χ4n) is 1.69. The molecule has 0 amide bonds. The Balaban J connectivity index is 3.86. The molecule has 0 bridgehead atoms. The molecule has 0 N–H and O–H groups in total. The molecule has 0 aromatic rings. The maximum Gasteiger partial charge on any atom is 0.235 e. The van der Waals surface area contributed by atoms with E-state index in [-0.39, 0.29) is 5.54 Å². The topological polar surface area (TPSA) is 58.9 Å². The number of hydrogen-bond acceptors (Lipinski definition) is 4. The first-order valence-electron chi connectivity index (χ1n) is 5.14. The largest absolute Gasteiger partial charge is 0.235 e. The molecule has 0 heterocycles. The lowest BCUT2D eigenvalue weighted by Gasteiger charge is -2.21. The van der Waals surface area contributed by atoms with Crippen LogP contribution in [0.5, 0.6) is 0 Å². The van der Waals surface area contributed by atoms with E-state index in [0.29, 0.717) is 12.5 Å². The molecule has 84 valence electrons. The van der Waals surface area contributed by atoms with Crippen LogP contribution in [-0.4, -0.2) is 24.2 Å². The van der Waals surface area contributed by atoms with Crippen molar-refractivity contribution in [1.29, 1.82) is 0 Å². The SMILES string of the molecule is CC(CCCN=C=O)CC(C)(C)N=C=O. The van der Waals surface area contributed by atoms with Crippen molar-refractivity contribution in [2.75, 3.05) is 6.54 Å². The molecule has 0 spiro atoms. The summed E-state index contributed by atoms with van der Waals surface area (Å²) in [7, 11) is 0. The van der Waals surface area contributed by atoms with Gasteiger partial charge >= 0.3 is 0 Å². The molecular weight excluding hydrogens is 192 g/mol. The second-order valence-corrected chi connectivity index (χ2v) is 4.44. The first-order chi connectivity index (χ1) is 7.02. The van der Waals surface area contributed by atoms with E-state index in [0.717, 1.165) is 19.3 Å². The summed E-state index contributed by atoms with van der Waals surface area (Å²) in [5.41, 5.74) is -0.338. The normalized spacial score (nSPS) is 12.5. The molecule has 0 aliphatic rings. The molecule has 15 heavy (non-hydrogen) atoms. The molecule has 0 radical (unpaired) electrons. The van der Waals surface area contributed by atoms with Gasteiger partial charge in [0.05, 0.1) is 12.1 Å². The zero-order valence-electron chi connectivity index (χ0n) is 9.62. The van der Waals surface area contributed by atoms with Crippen LogP contribution in [0.1, 0.15) is 40.0 Å². The molecule has 0 fully saturated rings. The molecule has 0 aromatic carbocycles. The Morgan fingerprint density at radius 1 is 1.27 bits per heavy atom. The van der Waals surface area contributed by atoms with Gasteiger partial charge < -0.3 is 0 Å². The monoisotopic (exact) mass is 210 g/mol. The van der Waals surface area contributed by atoms with Crippen LogP contribution >= 0.6 is 0 Å². The van der Waals surface area contributed by atoms with Crippen molar-refractivity contribution in [3.05, 3.63) is 0 Å². The van der Waals surface area contributed by atoms with Crippen LogP contribution < -0.4 is 0 Å². The third kappa shape index (κ3) is 7.80. The van der Waals surface area contributed by atoms with Crippen molar-refractivity contribution in [3.63, 3.8) is 0 Å². The van der Waals surface area contributed by atoms with E-state index in [1.165, 1.54) is 6.08 Å². The van der Waals surface area contributed by atoms with Gasteiger partial charge in [0.1, 0.15) is 0 Å². The summed E-state index contributed by atoms with van der Waals surface area (Å²) >= 11 is 0. The second-order valence-electron chi connectivity index (χ2n) is 4.44. The van der Waals surface area contributed by atoms with Crippen LogP contribution in [0.4, 0.5) is 0 Å². The van der Waals surface area contributed by atoms with Crippen molar-refractivity contribution in [2.24, 2.45) is 15.9 Å². The van der Waals surface area contributed by atoms with Crippen molar-refractivity contribution < 1.29 is 9.59 Å². The Labute approximate surface area is 90.5 Å². The van der Waals surface area contributed by atoms with Gasteiger partial charge in [0.15, 0.2) is 0 Å². The number of carbonyl (C=O) groups excluding carboxylic acids is 2. The van der Waals surface area contributed by atoms with Crippen LogP contribution in [0, 0.1) is 5.92 Å². The van der Waals surface area contributed by atoms with E-state index in [1.807, 2.05) is 13.8 Å². The number of isocyanates is 2. The molecule has 0 aliphatic heterocycles. The third-order valence-electron chi connectivity index (χ3n) is 2.23. The summed E-state index contributed by atoms with van der Waals surface area (Å²) in [6.07, 6.45) is 5.80. The lowest BCUT2D eigenvalue weighted by molar-refractivity contribution is 0.361. The highest BCUT2D eigenvalue weighted by molar-refractivity contribution is 5.34. The third-order valence-corrected chi connectivity index (χ3v) is 2.23. The van der Waals surface area contributed by atoms with Gasteiger partial charge in [0.25, 0.3) is 0 Å². The highest BCUT2D eigenvalue weighted by Crippen LogP contribution is 2.22. The summed E-state index contributed by atoms with van der Waals surface area (Å²) in [5.74, 6) is 0.457. The van der Waals surface area contributed by atoms with Gasteiger partial charge in [0, 0.05) is 0 Å². The van der Waals surface area contributed by atoms with Gasteiger partial charge in [-0.2, -0.15) is 4.99 Å². The molecule has 0 rings (SSSR count). The highest BCUT2D eigenvalue weighted by Gasteiger charge is 2.19. The quantitative estimate of drug-likeness (QED) is 0.367. The summed E-state index contributed by atoms with van der Waals surface area (Å²) in [4.78, 5) is 27.2. The maximum absolute atomic E-state index is 10.2. The van der Waals surface area contributed by atoms with Crippen LogP contribution in [0.15, 0.2) is 9.98 Å². The lowest BCUT2D eigenvalue weighted by Crippen LogP contribution is -2.20. The maximum atomic E-state index is 10.2. The van der Waals surface area contributed by atoms with Crippen molar-refractivity contribution in [2.45, 2.75) is 45.6 Å². The molecule has 4 heteroatoms. The minimum Gasteiger partial charge on any atom is -0.211 e. The lowest BCUT2D eigenvalue weighted by atomic mass is 9.89. The highest BCUT2D eigenvalue weighted by atomic mass is 16.1. The predicted molar refractivity (Wildman–Crippen MR) is 58.2 cm³/mol. The number of hydrogen-bond donors (Lipinski definition) is 0. The Bertz CT molecular complexity index is 274. The first-order valence-corrected chi connectivity index (χ1v) is 5.14. The van der Waals surface area contributed by atoms with Gasteiger partial charge in [-0.3, -0.25) is 0 Å². The first kappa shape index (κ1) is 13.8. The minimum atomic E-state index is -0.338. The predicted octanol–water partition coefficient (Wildman–Crippen LogP) is 2.24. The zero-order chi connectivity index (χ0) is 11.7. The van der Waals surface area contributed by atoms with Crippen molar-refractivity contribution in [1.82, 2.24) is 0 Å². The molecule has 4 nitrogen and oxygen atoms in total. The average Bonchev–Trinajstić information content (AvgIpc) is 2.11. The number of rotatable bonds is 7. The summed E-state index contributed by atoms with van der Waals surface area (Å²) < 4.78 is 0. The van der Waals surface area contributed by atoms with E-state index in [9.17, 15) is 9.59 Å². The van der Waals surface area contributed by atoms with Crippen LogP contribution in [0.3, 0.4) is 0 Å². The fourth-order valence-corrected chi connectivity index (χ4v) is 1.69. The molecule has 1 unspecified atom stereocenters. The van der Waals surface area contributed by atoms with Gasteiger partial charge in [0.2, 0.25) is 12.2 Å². The van der Waals surface area contributed by atoms with E-state index in [2.05, 4.69) is 16.9 Å². The summed E-state index contributed by atoms with van der Waals surface area (Å²) in [5, 5.41) is 0. The van der Waals surface area contributed by atoms with E-state index in [4.69, 9.17) is 0 Å². The number of nitrogens with zero attached hydrogens (tertiary/aromatic N) is 2. The molecule has 0 aromatic heterocycles. The standard InChI is InChI=1S/C11H18N2O2/c1-10(5-4-6-12-8-14)7-11(2,3)13-9-15/h10H,4-7H2,1-3H3. The van der Waals surface area contributed by atoms with Crippen molar-refractivity contribution >= 4 is 12.2 Å². The molecular formula is C11H18N2O2. The molecule has 0 aliphatic carbocycles. The molecule has 0 saturated heterocycles. The Hall–Kier alpha value is -1.24. The van der Waals surface area contributed by atoms with Gasteiger partial charge in [-0.05, 0) is 39.0 Å². The molecule has 0 saturated carbocycles. The number of aliphatic imine (C=N–C) groups is 2. The smallest absolute Gasteiger partial charge is 0.211 e. The van der Waals surface area contributed by atoms with Crippen molar-refractivity contribution in [3.8, 4) is 0 Å². The Morgan fingerprint density at radius 3 is 2.47 bits per heavy atom. The second kappa shape index (κ2) is 7.10. The Morgan fingerprint density at radius 2 is 1.93 bits per heavy atom. The minimum absolute atomic E-state index is 0.338. The summed E-state index contributed by atoms with van der Waals surface area (Å²) in [6, 6.07) is 0. The zero-order valence-corrected chi connectivity index (χ0v) is 9.62. The Kier molecular flexibility index (Phi) is 6.52. The van der Waals surface area contributed by atoms with Crippen LogP contribution in [0.2, 0.25) is 0 Å². The van der Waals surface area contributed by atoms with E-state index >= 15 is 0 Å². The van der Waals surface area contributed by atoms with Gasteiger partial charge in [-0.1, -0.05) is 6.92 Å². The van der Waals surface area contributed by atoms with E-state index in [1.54, 1.807) is 6.08 Å².